The Kier molecular flexibility index (Phi) is 5.00. The highest BCUT2D eigenvalue weighted by Gasteiger charge is 2.26. The van der Waals surface area contributed by atoms with Crippen molar-refractivity contribution in [2.24, 2.45) is 0 Å². The van der Waals surface area contributed by atoms with Crippen molar-refractivity contribution in [3.63, 3.8) is 0 Å². The van der Waals surface area contributed by atoms with E-state index in [1.807, 2.05) is 0 Å². The van der Waals surface area contributed by atoms with E-state index in [1.165, 1.54) is 10.4 Å². The predicted molar refractivity (Wildman–Crippen MR) is 80.0 cm³/mol. The normalized spacial score (nSPS) is 18.8. The van der Waals surface area contributed by atoms with Crippen LogP contribution in [-0.2, 0) is 16.6 Å². The van der Waals surface area contributed by atoms with Gasteiger partial charge in [0.15, 0.2) is 0 Å². The monoisotopic (exact) mass is 302 g/mol. The number of thiophene rings is 1. The molecule has 1 aliphatic heterocycles. The lowest BCUT2D eigenvalue weighted by Gasteiger charge is -2.31. The van der Waals surface area contributed by atoms with Gasteiger partial charge in [0, 0.05) is 30.6 Å². The molecule has 19 heavy (non-hydrogen) atoms. The zero-order valence-electron chi connectivity index (χ0n) is 11.6. The van der Waals surface area contributed by atoms with E-state index >= 15 is 0 Å². The number of hydrogen-bond acceptors (Lipinski definition) is 4. The van der Waals surface area contributed by atoms with Crippen LogP contribution in [-0.4, -0.2) is 37.6 Å². The number of nitrogens with one attached hydrogen (secondary N) is 1. The minimum atomic E-state index is -3.00. The van der Waals surface area contributed by atoms with E-state index < -0.39 is 10.0 Å². The Morgan fingerprint density at radius 1 is 1.42 bits per heavy atom. The van der Waals surface area contributed by atoms with E-state index in [-0.39, 0.29) is 5.75 Å². The molecule has 0 saturated carbocycles. The van der Waals surface area contributed by atoms with Crippen LogP contribution in [0.2, 0.25) is 0 Å². The molecule has 2 rings (SSSR count). The largest absolute Gasteiger partial charge is 0.309 e. The first-order valence-electron chi connectivity index (χ1n) is 6.77. The second-order valence-electron chi connectivity index (χ2n) is 4.98. The first kappa shape index (κ1) is 15.0. The molecule has 108 valence electrons. The summed E-state index contributed by atoms with van der Waals surface area (Å²) in [5.74, 6) is 0.208. The van der Waals surface area contributed by atoms with Crippen LogP contribution in [0.3, 0.4) is 0 Å². The molecule has 2 heterocycles. The summed E-state index contributed by atoms with van der Waals surface area (Å²) in [5, 5.41) is 5.66. The third-order valence-corrected chi connectivity index (χ3v) is 6.64. The zero-order chi connectivity index (χ0) is 13.9. The third-order valence-electron chi connectivity index (χ3n) is 3.73. The zero-order valence-corrected chi connectivity index (χ0v) is 13.2. The molecule has 1 fully saturated rings. The Morgan fingerprint density at radius 2 is 2.11 bits per heavy atom. The maximum Gasteiger partial charge on any atom is 0.213 e. The van der Waals surface area contributed by atoms with Crippen molar-refractivity contribution in [2.75, 3.05) is 18.8 Å². The van der Waals surface area contributed by atoms with Crippen molar-refractivity contribution in [1.82, 2.24) is 9.62 Å². The lowest BCUT2D eigenvalue weighted by Crippen LogP contribution is -2.45. The van der Waals surface area contributed by atoms with Crippen LogP contribution in [0.1, 0.15) is 30.2 Å². The Bertz CT molecular complexity index is 502. The van der Waals surface area contributed by atoms with Gasteiger partial charge in [-0.2, -0.15) is 0 Å². The molecule has 0 spiro atoms. The van der Waals surface area contributed by atoms with Gasteiger partial charge >= 0.3 is 0 Å². The molecule has 0 aromatic carbocycles. The molecule has 1 aliphatic rings. The molecule has 0 amide bonds. The summed E-state index contributed by atoms with van der Waals surface area (Å²) in [4.78, 5) is 1.38. The van der Waals surface area contributed by atoms with Gasteiger partial charge in [-0.1, -0.05) is 0 Å². The minimum absolute atomic E-state index is 0.208. The molecule has 0 unspecified atom stereocenters. The van der Waals surface area contributed by atoms with E-state index in [0.29, 0.717) is 19.1 Å². The van der Waals surface area contributed by atoms with E-state index in [2.05, 4.69) is 23.7 Å². The average molecular weight is 302 g/mol. The summed E-state index contributed by atoms with van der Waals surface area (Å²) in [6.45, 7) is 6.03. The smallest absolute Gasteiger partial charge is 0.213 e. The van der Waals surface area contributed by atoms with Crippen LogP contribution in [0.5, 0.6) is 0 Å². The van der Waals surface area contributed by atoms with Crippen molar-refractivity contribution >= 4 is 21.4 Å². The molecule has 0 radical (unpaired) electrons. The summed E-state index contributed by atoms with van der Waals surface area (Å²) >= 11 is 1.78. The van der Waals surface area contributed by atoms with Crippen molar-refractivity contribution in [1.29, 1.82) is 0 Å². The van der Waals surface area contributed by atoms with Crippen molar-refractivity contribution in [3.05, 3.63) is 21.9 Å². The van der Waals surface area contributed by atoms with Crippen molar-refractivity contribution < 1.29 is 8.42 Å². The number of sulfonamides is 1. The highest BCUT2D eigenvalue weighted by Crippen LogP contribution is 2.18. The molecule has 0 bridgehead atoms. The molecule has 1 aromatic rings. The lowest BCUT2D eigenvalue weighted by atomic mass is 10.1. The summed E-state index contributed by atoms with van der Waals surface area (Å²) in [6.07, 6.45) is 1.81. The van der Waals surface area contributed by atoms with Gasteiger partial charge in [-0.05, 0) is 43.7 Å². The SMILES string of the molecule is CCS(=O)(=O)N1CCC(NCc2sccc2C)CC1. The molecule has 6 heteroatoms. The molecule has 1 saturated heterocycles. The highest BCUT2D eigenvalue weighted by atomic mass is 32.2. The van der Waals surface area contributed by atoms with Gasteiger partial charge in [-0.3, -0.25) is 0 Å². The molecule has 1 aromatic heterocycles. The Labute approximate surface area is 119 Å². The molecule has 1 N–H and O–H groups in total. The van der Waals surface area contributed by atoms with Crippen LogP contribution in [0.4, 0.5) is 0 Å². The van der Waals surface area contributed by atoms with Crippen LogP contribution in [0, 0.1) is 6.92 Å². The molecule has 4 nitrogen and oxygen atoms in total. The quantitative estimate of drug-likeness (QED) is 0.904. The Balaban J connectivity index is 1.80. The number of rotatable bonds is 5. The van der Waals surface area contributed by atoms with Crippen molar-refractivity contribution in [2.45, 2.75) is 39.3 Å². The minimum Gasteiger partial charge on any atom is -0.309 e. The van der Waals surface area contributed by atoms with E-state index in [0.717, 1.165) is 19.4 Å². The van der Waals surface area contributed by atoms with Gasteiger partial charge in [0.25, 0.3) is 0 Å². The fourth-order valence-electron chi connectivity index (χ4n) is 2.34. The van der Waals surface area contributed by atoms with Gasteiger partial charge in [0.05, 0.1) is 5.75 Å². The first-order valence-corrected chi connectivity index (χ1v) is 9.26. The molecule has 0 aliphatic carbocycles. The maximum absolute atomic E-state index is 11.8. The lowest BCUT2D eigenvalue weighted by molar-refractivity contribution is 0.289. The van der Waals surface area contributed by atoms with Crippen LogP contribution in [0.25, 0.3) is 0 Å². The maximum atomic E-state index is 11.8. The van der Waals surface area contributed by atoms with Gasteiger partial charge < -0.3 is 5.32 Å². The number of aryl methyl sites for hydroxylation is 1. The highest BCUT2D eigenvalue weighted by molar-refractivity contribution is 7.89. The van der Waals surface area contributed by atoms with Gasteiger partial charge in [-0.25, -0.2) is 12.7 Å². The molecular weight excluding hydrogens is 280 g/mol. The average Bonchev–Trinajstić information content (AvgIpc) is 2.82. The van der Waals surface area contributed by atoms with E-state index in [4.69, 9.17) is 0 Å². The van der Waals surface area contributed by atoms with Gasteiger partial charge in [0.2, 0.25) is 10.0 Å². The first-order chi connectivity index (χ1) is 9.03. The van der Waals surface area contributed by atoms with E-state index in [9.17, 15) is 8.42 Å². The summed E-state index contributed by atoms with van der Waals surface area (Å²) in [7, 11) is -3.00. The summed E-state index contributed by atoms with van der Waals surface area (Å²) in [5.41, 5.74) is 1.34. The molecular formula is C13H22N2O2S2. The molecule has 0 atom stereocenters. The number of hydrogen-bond donors (Lipinski definition) is 1. The van der Waals surface area contributed by atoms with Crippen molar-refractivity contribution in [3.8, 4) is 0 Å². The van der Waals surface area contributed by atoms with Crippen LogP contribution >= 0.6 is 11.3 Å². The van der Waals surface area contributed by atoms with E-state index in [1.54, 1.807) is 22.6 Å². The van der Waals surface area contributed by atoms with Crippen LogP contribution < -0.4 is 5.32 Å². The topological polar surface area (TPSA) is 49.4 Å². The fraction of sp³-hybridized carbons (Fsp3) is 0.692. The summed E-state index contributed by atoms with van der Waals surface area (Å²) in [6, 6.07) is 2.57. The second-order valence-corrected chi connectivity index (χ2v) is 8.24. The Morgan fingerprint density at radius 3 is 2.63 bits per heavy atom. The van der Waals surface area contributed by atoms with Crippen LogP contribution in [0.15, 0.2) is 11.4 Å². The number of piperidine rings is 1. The van der Waals surface area contributed by atoms with Gasteiger partial charge in [0.1, 0.15) is 0 Å². The predicted octanol–water partition coefficient (Wildman–Crippen LogP) is 1.96. The van der Waals surface area contributed by atoms with Gasteiger partial charge in [-0.15, -0.1) is 11.3 Å². The second kappa shape index (κ2) is 6.35. The summed E-state index contributed by atoms with van der Waals surface area (Å²) < 4.78 is 25.1. The third kappa shape index (κ3) is 3.78. The standard InChI is InChI=1S/C13H22N2O2S2/c1-3-19(16,17)15-7-4-12(5-8-15)14-10-13-11(2)6-9-18-13/h6,9,12,14H,3-5,7-8,10H2,1-2H3. The Hall–Kier alpha value is -0.430. The fourth-order valence-corrected chi connectivity index (χ4v) is 4.33. The number of nitrogens with zero attached hydrogens (tertiary/aromatic N) is 1.